The number of guanidine groups is 1. The summed E-state index contributed by atoms with van der Waals surface area (Å²) in [5, 5.41) is 24.1. The van der Waals surface area contributed by atoms with Crippen LogP contribution in [0.3, 0.4) is 0 Å². The Hall–Kier alpha value is -7.32. The van der Waals surface area contributed by atoms with Gasteiger partial charge in [0.1, 0.15) is 29.7 Å². The Kier molecular flexibility index (Phi) is 19.0. The van der Waals surface area contributed by atoms with Crippen molar-refractivity contribution >= 4 is 58.3 Å². The van der Waals surface area contributed by atoms with Gasteiger partial charge in [0.25, 0.3) is 0 Å². The maximum atomic E-state index is 14.7. The van der Waals surface area contributed by atoms with Crippen molar-refractivity contribution in [2.24, 2.45) is 33.7 Å². The van der Waals surface area contributed by atoms with E-state index in [9.17, 15) is 38.7 Å². The first-order valence-electron chi connectivity index (χ1n) is 22.8. The molecular formula is C48H64N12O8. The number of nitrogens with two attached hydrogens (primary N) is 5. The lowest BCUT2D eigenvalue weighted by Crippen LogP contribution is -2.65. The maximum absolute atomic E-state index is 14.7. The number of carbonyl (C=O) groups is 7. The van der Waals surface area contributed by atoms with Crippen LogP contribution < -0.4 is 55.3 Å². The maximum Gasteiger partial charge on any atom is 0.305 e. The van der Waals surface area contributed by atoms with Crippen molar-refractivity contribution in [2.75, 3.05) is 13.1 Å². The molecule has 0 saturated heterocycles. The number of aliphatic imine (C=N–C) groups is 1. The second-order valence-corrected chi connectivity index (χ2v) is 17.2. The number of hydrogen-bond acceptors (Lipinski definition) is 10. The number of aromatic amines is 1. The summed E-state index contributed by atoms with van der Waals surface area (Å²) in [4.78, 5) is 103. The Morgan fingerprint density at radius 2 is 1.28 bits per heavy atom. The molecule has 3 aromatic carbocycles. The second kappa shape index (κ2) is 25.0. The number of H-pyrrole nitrogens is 1. The summed E-state index contributed by atoms with van der Waals surface area (Å²) >= 11 is 0. The molecule has 6 amide bonds. The fourth-order valence-electron chi connectivity index (χ4n) is 8.47. The summed E-state index contributed by atoms with van der Waals surface area (Å²) in [5.41, 5.74) is 30.1. The van der Waals surface area contributed by atoms with Gasteiger partial charge in [0, 0.05) is 36.5 Å². The van der Waals surface area contributed by atoms with Gasteiger partial charge < -0.3 is 65.3 Å². The van der Waals surface area contributed by atoms with Crippen LogP contribution in [0.2, 0.25) is 0 Å². The second-order valence-electron chi connectivity index (χ2n) is 17.2. The number of nitrogens with one attached hydrogen (secondary N) is 6. The van der Waals surface area contributed by atoms with E-state index in [1.54, 1.807) is 36.5 Å². The number of primary amides is 1. The van der Waals surface area contributed by atoms with Crippen molar-refractivity contribution in [2.45, 2.75) is 112 Å². The average molecular weight is 937 g/mol. The number of hydrogen-bond donors (Lipinski definition) is 12. The highest BCUT2D eigenvalue weighted by atomic mass is 16.4. The number of aliphatic carboxylic acids is 1. The minimum atomic E-state index is -1.58. The van der Waals surface area contributed by atoms with Crippen molar-refractivity contribution in [3.05, 3.63) is 108 Å². The Morgan fingerprint density at radius 1 is 0.706 bits per heavy atom. The van der Waals surface area contributed by atoms with Gasteiger partial charge in [-0.2, -0.15) is 0 Å². The molecule has 20 nitrogen and oxygen atoms in total. The van der Waals surface area contributed by atoms with E-state index in [4.69, 9.17) is 28.7 Å². The van der Waals surface area contributed by atoms with Gasteiger partial charge in [-0.1, -0.05) is 78.9 Å². The molecule has 68 heavy (non-hydrogen) atoms. The molecule has 0 aliphatic heterocycles. The van der Waals surface area contributed by atoms with E-state index in [2.05, 4.69) is 36.6 Å². The van der Waals surface area contributed by atoms with Gasteiger partial charge in [0.15, 0.2) is 5.96 Å². The van der Waals surface area contributed by atoms with Gasteiger partial charge in [-0.25, -0.2) is 0 Å². The molecule has 0 spiro atoms. The number of carbonyl (C=O) groups excluding carboxylic acids is 6. The Bertz CT molecular complexity index is 2380. The van der Waals surface area contributed by atoms with Gasteiger partial charge in [-0.3, -0.25) is 38.6 Å². The van der Waals surface area contributed by atoms with Crippen LogP contribution in [0.15, 0.2) is 96.1 Å². The van der Waals surface area contributed by atoms with Gasteiger partial charge in [0.2, 0.25) is 35.4 Å². The number of carboxylic acid groups (broad SMARTS) is 1. The van der Waals surface area contributed by atoms with Crippen LogP contribution >= 0.6 is 0 Å². The molecule has 364 valence electrons. The summed E-state index contributed by atoms with van der Waals surface area (Å²) in [6.07, 6.45) is 2.92. The van der Waals surface area contributed by atoms with Gasteiger partial charge in [-0.05, 0) is 86.6 Å². The zero-order chi connectivity index (χ0) is 49.2. The lowest BCUT2D eigenvalue weighted by Gasteiger charge is -2.41. The quantitative estimate of drug-likeness (QED) is 0.0241. The molecule has 1 fully saturated rings. The summed E-state index contributed by atoms with van der Waals surface area (Å²) in [5.74, 6) is -5.97. The third kappa shape index (κ3) is 14.8. The van der Waals surface area contributed by atoms with Crippen LogP contribution in [-0.2, 0) is 46.4 Å². The third-order valence-electron chi connectivity index (χ3n) is 12.2. The largest absolute Gasteiger partial charge is 0.481 e. The molecular weight excluding hydrogens is 873 g/mol. The van der Waals surface area contributed by atoms with Gasteiger partial charge in [0.05, 0.1) is 12.5 Å². The molecule has 5 atom stereocenters. The monoisotopic (exact) mass is 936 g/mol. The van der Waals surface area contributed by atoms with Crippen molar-refractivity contribution in [1.29, 1.82) is 0 Å². The summed E-state index contributed by atoms with van der Waals surface area (Å²) < 4.78 is 0. The fourth-order valence-corrected chi connectivity index (χ4v) is 8.47. The normalized spacial score (nSPS) is 17.8. The molecule has 1 aliphatic rings. The van der Waals surface area contributed by atoms with Crippen LogP contribution in [-0.4, -0.2) is 106 Å². The van der Waals surface area contributed by atoms with Crippen LogP contribution in [0, 0.1) is 0 Å². The van der Waals surface area contributed by atoms with Crippen molar-refractivity contribution in [3.63, 3.8) is 0 Å². The van der Waals surface area contributed by atoms with Crippen molar-refractivity contribution in [1.82, 2.24) is 31.6 Å². The fraction of sp³-hybridized carbons (Fsp3) is 0.417. The molecule has 1 aliphatic carbocycles. The molecule has 1 aromatic heterocycles. The zero-order valence-electron chi connectivity index (χ0n) is 38.0. The van der Waals surface area contributed by atoms with Gasteiger partial charge >= 0.3 is 5.97 Å². The summed E-state index contributed by atoms with van der Waals surface area (Å²) in [6, 6.07) is 19.5. The van der Waals surface area contributed by atoms with Crippen molar-refractivity contribution in [3.8, 4) is 0 Å². The highest BCUT2D eigenvalue weighted by molar-refractivity contribution is 5.99. The van der Waals surface area contributed by atoms with E-state index < -0.39 is 83.6 Å². The smallest absolute Gasteiger partial charge is 0.305 e. The summed E-state index contributed by atoms with van der Waals surface area (Å²) in [6.45, 7) is 0.330. The zero-order valence-corrected chi connectivity index (χ0v) is 38.0. The van der Waals surface area contributed by atoms with Crippen LogP contribution in [0.4, 0.5) is 0 Å². The highest BCUT2D eigenvalue weighted by Crippen LogP contribution is 2.38. The average Bonchev–Trinajstić information content (AvgIpc) is 3.73. The third-order valence-corrected chi connectivity index (χ3v) is 12.2. The van der Waals surface area contributed by atoms with E-state index in [1.165, 1.54) is 0 Å². The molecule has 1 heterocycles. The lowest BCUT2D eigenvalue weighted by atomic mass is 9.73. The predicted molar refractivity (Wildman–Crippen MR) is 256 cm³/mol. The minimum absolute atomic E-state index is 0.0233. The van der Waals surface area contributed by atoms with E-state index in [1.807, 2.05) is 54.6 Å². The SMILES string of the molecule is NCCC[C@H](NC(=O)[C@H](Cc1c[nH]c2ccccc12)NC(=O)[C@H](CCCN=C(N)N)NC(=O)[C@@H](Cc1ccccc1)NC(=O)C1(NC(=O)[C@@H](N)CC(=O)O)CCC(c2ccccc2)CC1)C(N)=O. The number of carboxylic acids is 1. The number of aromatic nitrogens is 1. The number of amides is 6. The van der Waals surface area contributed by atoms with E-state index in [0.29, 0.717) is 30.4 Å². The standard InChI is InChI=1S/C48H64N12O8/c49-23-9-17-36(41(51)63)56-45(67)39(26-32-28-55-35-16-8-7-15-33(32)35)58-43(65)37(18-10-24-54-47(52)53)57-44(66)38(25-29-11-3-1-4-12-29)59-46(68)48(60-42(64)34(50)27-40(61)62)21-19-31(20-22-48)30-13-5-2-6-14-30/h1-8,11-16,28,31,34,36-39,55H,9-10,17-27,49-50H2,(H2,51,63)(H,56,67)(H,57,66)(H,58,65)(H,59,68)(H,60,64)(H,61,62)(H4,52,53,54)/t31?,34-,36-,37-,38+,39-,48?/m0/s1. The topological polar surface area (TPSA) is 358 Å². The Morgan fingerprint density at radius 3 is 1.91 bits per heavy atom. The van der Waals surface area contributed by atoms with E-state index >= 15 is 0 Å². The first-order chi connectivity index (χ1) is 32.6. The van der Waals surface area contributed by atoms with Crippen LogP contribution in [0.5, 0.6) is 0 Å². The van der Waals surface area contributed by atoms with Crippen LogP contribution in [0.1, 0.15) is 80.4 Å². The first-order valence-corrected chi connectivity index (χ1v) is 22.8. The molecule has 20 heteroatoms. The number of benzene rings is 3. The molecule has 1 saturated carbocycles. The molecule has 0 unspecified atom stereocenters. The van der Waals surface area contributed by atoms with Crippen molar-refractivity contribution < 1.29 is 38.7 Å². The van der Waals surface area contributed by atoms with Crippen LogP contribution in [0.25, 0.3) is 10.9 Å². The first kappa shape index (κ1) is 51.7. The molecule has 0 bridgehead atoms. The van der Waals surface area contributed by atoms with Gasteiger partial charge in [-0.15, -0.1) is 0 Å². The molecule has 0 radical (unpaired) electrons. The Labute approximate surface area is 394 Å². The molecule has 17 N–H and O–H groups in total. The Balaban J connectivity index is 1.45. The van der Waals surface area contributed by atoms with E-state index in [0.717, 1.165) is 16.5 Å². The number of rotatable bonds is 25. The molecule has 4 aromatic rings. The minimum Gasteiger partial charge on any atom is -0.481 e. The molecule has 5 rings (SSSR count). The number of fused-ring (bicyclic) bond motifs is 1. The lowest BCUT2D eigenvalue weighted by molar-refractivity contribution is -0.141. The van der Waals surface area contributed by atoms with E-state index in [-0.39, 0.29) is 69.9 Å². The predicted octanol–water partition coefficient (Wildman–Crippen LogP) is 0.185. The summed E-state index contributed by atoms with van der Waals surface area (Å²) in [7, 11) is 0. The number of nitrogens with zero attached hydrogens (tertiary/aromatic N) is 1. The number of para-hydroxylation sites is 1. The highest BCUT2D eigenvalue weighted by Gasteiger charge is 2.45.